The first-order chi connectivity index (χ1) is 9.15. The number of hydrogen-bond donors (Lipinski definition) is 1. The van der Waals surface area contributed by atoms with E-state index in [1.807, 2.05) is 0 Å². The predicted octanol–water partition coefficient (Wildman–Crippen LogP) is 3.98. The highest BCUT2D eigenvalue weighted by Gasteiger charge is 2.20. The molecule has 0 spiro atoms. The number of hydrogen-bond acceptors (Lipinski definition) is 3. The molecule has 4 nitrogen and oxygen atoms in total. The number of phenolic OH excluding ortho intramolecular Hbond substituents is 1. The Balaban J connectivity index is 2.10. The molecule has 1 aromatic rings. The molecule has 1 aromatic carbocycles. The van der Waals surface area contributed by atoms with Crippen LogP contribution < -0.4 is 0 Å². The predicted molar refractivity (Wildman–Crippen MR) is 74.3 cm³/mol. The summed E-state index contributed by atoms with van der Waals surface area (Å²) in [6.45, 7) is 0. The molecule has 0 unspecified atom stereocenters. The van der Waals surface area contributed by atoms with E-state index in [2.05, 4.69) is 0 Å². The number of phenols is 1. The lowest BCUT2D eigenvalue weighted by Crippen LogP contribution is -2.10. The summed E-state index contributed by atoms with van der Waals surface area (Å²) in [4.78, 5) is 10.9. The summed E-state index contributed by atoms with van der Waals surface area (Å²) in [5.41, 5.74) is 1.04. The highest BCUT2D eigenvalue weighted by Crippen LogP contribution is 2.29. The van der Waals surface area contributed by atoms with Gasteiger partial charge in [0.2, 0.25) is 5.70 Å². The largest absolute Gasteiger partial charge is 0.508 e. The SMILES string of the molecule is O=[N+]([O-])C(=Cc1ccc(O)cc1)CC1CCCCC1. The van der Waals surface area contributed by atoms with Crippen molar-refractivity contribution in [3.05, 3.63) is 45.6 Å². The van der Waals surface area contributed by atoms with Gasteiger partial charge >= 0.3 is 0 Å². The van der Waals surface area contributed by atoms with Crippen LogP contribution in [0.15, 0.2) is 30.0 Å². The summed E-state index contributed by atoms with van der Waals surface area (Å²) in [6, 6.07) is 6.48. The van der Waals surface area contributed by atoms with Crippen LogP contribution in [0.4, 0.5) is 0 Å². The molecule has 2 rings (SSSR count). The Labute approximate surface area is 112 Å². The highest BCUT2D eigenvalue weighted by molar-refractivity contribution is 5.52. The summed E-state index contributed by atoms with van der Waals surface area (Å²) in [7, 11) is 0. The summed E-state index contributed by atoms with van der Waals surface area (Å²) in [5.74, 6) is 0.620. The van der Waals surface area contributed by atoms with E-state index in [9.17, 15) is 15.2 Å². The van der Waals surface area contributed by atoms with E-state index in [1.54, 1.807) is 30.3 Å². The van der Waals surface area contributed by atoms with Crippen molar-refractivity contribution < 1.29 is 10.0 Å². The Morgan fingerprint density at radius 1 is 1.26 bits per heavy atom. The number of allylic oxidation sites excluding steroid dienone is 1. The third-order valence-corrected chi connectivity index (χ3v) is 3.68. The molecular formula is C15H19NO3. The van der Waals surface area contributed by atoms with Crippen LogP contribution in [0.3, 0.4) is 0 Å². The molecule has 4 heteroatoms. The van der Waals surface area contributed by atoms with Crippen molar-refractivity contribution in [1.29, 1.82) is 0 Å². The van der Waals surface area contributed by atoms with E-state index < -0.39 is 0 Å². The normalized spacial score (nSPS) is 17.4. The molecule has 1 saturated carbocycles. The monoisotopic (exact) mass is 261 g/mol. The van der Waals surface area contributed by atoms with Crippen molar-refractivity contribution in [3.8, 4) is 5.75 Å². The minimum atomic E-state index is -0.276. The fourth-order valence-corrected chi connectivity index (χ4v) is 2.64. The van der Waals surface area contributed by atoms with E-state index in [0.717, 1.165) is 18.4 Å². The van der Waals surface area contributed by atoms with Crippen molar-refractivity contribution in [2.75, 3.05) is 0 Å². The molecule has 19 heavy (non-hydrogen) atoms. The quantitative estimate of drug-likeness (QED) is 0.658. The summed E-state index contributed by atoms with van der Waals surface area (Å²) < 4.78 is 0. The molecule has 1 aliphatic carbocycles. The molecule has 1 N–H and O–H groups in total. The van der Waals surface area contributed by atoms with Gasteiger partial charge in [0.1, 0.15) is 5.75 Å². The van der Waals surface area contributed by atoms with Crippen LogP contribution >= 0.6 is 0 Å². The van der Waals surface area contributed by atoms with Gasteiger partial charge in [-0.3, -0.25) is 10.1 Å². The lowest BCUT2D eigenvalue weighted by Gasteiger charge is -2.20. The van der Waals surface area contributed by atoms with E-state index in [4.69, 9.17) is 0 Å². The Morgan fingerprint density at radius 3 is 2.47 bits per heavy atom. The van der Waals surface area contributed by atoms with Gasteiger partial charge in [-0.2, -0.15) is 0 Å². The maximum atomic E-state index is 11.1. The number of nitro groups is 1. The highest BCUT2D eigenvalue weighted by atomic mass is 16.6. The van der Waals surface area contributed by atoms with Crippen LogP contribution in [-0.2, 0) is 0 Å². The molecule has 0 aliphatic heterocycles. The summed E-state index contributed by atoms with van der Waals surface area (Å²) in [6.07, 6.45) is 8.00. The minimum Gasteiger partial charge on any atom is -0.508 e. The molecule has 1 fully saturated rings. The van der Waals surface area contributed by atoms with E-state index in [0.29, 0.717) is 12.3 Å². The lowest BCUT2D eigenvalue weighted by molar-refractivity contribution is -0.427. The molecule has 0 aromatic heterocycles. The molecule has 102 valence electrons. The van der Waals surface area contributed by atoms with Crippen LogP contribution in [0.25, 0.3) is 6.08 Å². The maximum Gasteiger partial charge on any atom is 0.247 e. The van der Waals surface area contributed by atoms with Gasteiger partial charge in [0, 0.05) is 12.5 Å². The Hall–Kier alpha value is -1.84. The molecule has 0 amide bonds. The van der Waals surface area contributed by atoms with E-state index >= 15 is 0 Å². The van der Waals surface area contributed by atoms with Crippen molar-refractivity contribution in [3.63, 3.8) is 0 Å². The Kier molecular flexibility index (Phi) is 4.55. The number of nitrogens with zero attached hydrogens (tertiary/aromatic N) is 1. The van der Waals surface area contributed by atoms with Crippen molar-refractivity contribution >= 4 is 6.08 Å². The van der Waals surface area contributed by atoms with Crippen molar-refractivity contribution in [2.45, 2.75) is 38.5 Å². The van der Waals surface area contributed by atoms with Gasteiger partial charge in [-0.05, 0) is 36.5 Å². The zero-order valence-corrected chi connectivity index (χ0v) is 10.9. The average Bonchev–Trinajstić information content (AvgIpc) is 2.41. The zero-order valence-electron chi connectivity index (χ0n) is 10.9. The lowest BCUT2D eigenvalue weighted by atomic mass is 9.86. The van der Waals surface area contributed by atoms with Crippen LogP contribution in [0.2, 0.25) is 0 Å². The van der Waals surface area contributed by atoms with Crippen molar-refractivity contribution in [1.82, 2.24) is 0 Å². The van der Waals surface area contributed by atoms with Crippen LogP contribution in [0.5, 0.6) is 5.75 Å². The molecule has 0 radical (unpaired) electrons. The number of rotatable bonds is 4. The third-order valence-electron chi connectivity index (χ3n) is 3.68. The van der Waals surface area contributed by atoms with Gasteiger partial charge in [-0.1, -0.05) is 31.4 Å². The van der Waals surface area contributed by atoms with Crippen LogP contribution in [0.1, 0.15) is 44.1 Å². The van der Waals surface area contributed by atoms with E-state index in [-0.39, 0.29) is 16.4 Å². The first-order valence-corrected chi connectivity index (χ1v) is 6.79. The summed E-state index contributed by atoms with van der Waals surface area (Å²) >= 11 is 0. The zero-order chi connectivity index (χ0) is 13.7. The molecule has 1 aliphatic rings. The summed E-state index contributed by atoms with van der Waals surface area (Å²) in [5, 5.41) is 20.3. The third kappa shape index (κ3) is 4.09. The first-order valence-electron chi connectivity index (χ1n) is 6.79. The first kappa shape index (κ1) is 13.6. The van der Waals surface area contributed by atoms with Crippen molar-refractivity contribution in [2.24, 2.45) is 5.92 Å². The fraction of sp³-hybridized carbons (Fsp3) is 0.467. The molecular weight excluding hydrogens is 242 g/mol. The molecule has 0 bridgehead atoms. The Morgan fingerprint density at radius 2 is 1.89 bits per heavy atom. The van der Waals surface area contributed by atoms with Gasteiger partial charge in [0.05, 0.1) is 4.92 Å². The second-order valence-corrected chi connectivity index (χ2v) is 5.19. The topological polar surface area (TPSA) is 63.4 Å². The average molecular weight is 261 g/mol. The fourth-order valence-electron chi connectivity index (χ4n) is 2.64. The minimum absolute atomic E-state index is 0.173. The maximum absolute atomic E-state index is 11.1. The molecule has 0 atom stereocenters. The molecule has 0 saturated heterocycles. The van der Waals surface area contributed by atoms with Gasteiger partial charge in [-0.15, -0.1) is 0 Å². The smallest absolute Gasteiger partial charge is 0.247 e. The number of aromatic hydroxyl groups is 1. The molecule has 0 heterocycles. The van der Waals surface area contributed by atoms with Gasteiger partial charge < -0.3 is 5.11 Å². The van der Waals surface area contributed by atoms with Gasteiger partial charge in [0.15, 0.2) is 0 Å². The van der Waals surface area contributed by atoms with Gasteiger partial charge in [0.25, 0.3) is 0 Å². The Bertz CT molecular complexity index is 459. The second kappa shape index (κ2) is 6.36. The van der Waals surface area contributed by atoms with E-state index in [1.165, 1.54) is 19.3 Å². The number of benzene rings is 1. The standard InChI is InChI=1S/C15H19NO3/c17-15-8-6-13(7-9-15)11-14(16(18)19)10-12-4-2-1-3-5-12/h6-9,11-12,17H,1-5,10H2. The van der Waals surface area contributed by atoms with Crippen LogP contribution in [0, 0.1) is 16.0 Å². The van der Waals surface area contributed by atoms with Gasteiger partial charge in [-0.25, -0.2) is 0 Å². The van der Waals surface area contributed by atoms with Crippen LogP contribution in [-0.4, -0.2) is 10.0 Å². The second-order valence-electron chi connectivity index (χ2n) is 5.19.